The van der Waals surface area contributed by atoms with Gasteiger partial charge < -0.3 is 43.5 Å². The van der Waals surface area contributed by atoms with Crippen molar-refractivity contribution in [1.29, 1.82) is 0 Å². The summed E-state index contributed by atoms with van der Waals surface area (Å²) in [6, 6.07) is 19.7. The van der Waals surface area contributed by atoms with Crippen LogP contribution >= 0.6 is 7.60 Å². The van der Waals surface area contributed by atoms with Crippen molar-refractivity contribution in [2.24, 2.45) is 11.8 Å². The molecule has 0 aromatic heterocycles. The van der Waals surface area contributed by atoms with Gasteiger partial charge in [0, 0.05) is 13.1 Å². The summed E-state index contributed by atoms with van der Waals surface area (Å²) in [5, 5.41) is 14.4. The summed E-state index contributed by atoms with van der Waals surface area (Å²) >= 11 is 0. The number of fused-ring (bicyclic) bond motifs is 1. The fraction of sp³-hybridized carbons (Fsp3) is 0.457. The molecule has 3 aromatic rings. The molecule has 14 nitrogen and oxygen atoms in total. The molecule has 0 aliphatic carbocycles. The Kier molecular flexibility index (Phi) is 13.0. The van der Waals surface area contributed by atoms with E-state index in [1.54, 1.807) is 66.7 Å². The molecule has 16 heteroatoms. The van der Waals surface area contributed by atoms with Crippen molar-refractivity contribution >= 4 is 23.7 Å². The van der Waals surface area contributed by atoms with Gasteiger partial charge in [-0.2, -0.15) is 4.31 Å². The van der Waals surface area contributed by atoms with Gasteiger partial charge in [-0.3, -0.25) is 0 Å². The lowest BCUT2D eigenvalue weighted by molar-refractivity contribution is -0.0907. The predicted octanol–water partition coefficient (Wildman–Crippen LogP) is 4.40. The van der Waals surface area contributed by atoms with Crippen molar-refractivity contribution in [2.45, 2.75) is 56.1 Å². The molecule has 2 saturated heterocycles. The van der Waals surface area contributed by atoms with Gasteiger partial charge in [0.2, 0.25) is 10.0 Å². The molecule has 0 spiro atoms. The molecule has 1 amide bonds. The molecule has 0 bridgehead atoms. The van der Waals surface area contributed by atoms with Gasteiger partial charge in [0.1, 0.15) is 23.4 Å². The average molecular weight is 749 g/mol. The topological polar surface area (TPSA) is 179 Å². The maximum absolute atomic E-state index is 13.8. The zero-order valence-electron chi connectivity index (χ0n) is 28.7. The van der Waals surface area contributed by atoms with E-state index in [1.807, 2.05) is 13.8 Å². The Bertz CT molecular complexity index is 1730. The van der Waals surface area contributed by atoms with E-state index in [-0.39, 0.29) is 54.3 Å². The van der Waals surface area contributed by atoms with Crippen molar-refractivity contribution < 1.29 is 56.0 Å². The van der Waals surface area contributed by atoms with Gasteiger partial charge in [0.05, 0.1) is 43.3 Å². The van der Waals surface area contributed by atoms with Crippen LogP contribution in [0.3, 0.4) is 0 Å². The van der Waals surface area contributed by atoms with Crippen LogP contribution in [0.1, 0.15) is 25.8 Å². The summed E-state index contributed by atoms with van der Waals surface area (Å²) in [5.41, 5.74) is 0.654. The van der Waals surface area contributed by atoms with Crippen LogP contribution in [-0.4, -0.2) is 93.1 Å². The van der Waals surface area contributed by atoms with E-state index >= 15 is 0 Å². The van der Waals surface area contributed by atoms with Crippen LogP contribution in [0.25, 0.3) is 0 Å². The van der Waals surface area contributed by atoms with Crippen molar-refractivity contribution in [3.05, 3.63) is 84.4 Å². The number of nitrogens with one attached hydrogen (secondary N) is 1. The molecule has 0 radical (unpaired) electrons. The average Bonchev–Trinajstić information content (AvgIpc) is 3.72. The van der Waals surface area contributed by atoms with Crippen molar-refractivity contribution in [3.63, 3.8) is 0 Å². The third kappa shape index (κ3) is 10.7. The summed E-state index contributed by atoms with van der Waals surface area (Å²) in [6.07, 6.45) is -2.94. The summed E-state index contributed by atoms with van der Waals surface area (Å²) in [7, 11) is -6.69. The van der Waals surface area contributed by atoms with E-state index in [2.05, 4.69) is 5.32 Å². The number of sulfonamides is 1. The minimum atomic E-state index is -4.12. The molecule has 1 unspecified atom stereocenters. The third-order valence-corrected chi connectivity index (χ3v) is 11.2. The second kappa shape index (κ2) is 17.2. The van der Waals surface area contributed by atoms with Gasteiger partial charge in [-0.25, -0.2) is 17.8 Å². The number of rotatable bonds is 17. The molecule has 3 aromatic carbocycles. The second-order valence-corrected chi connectivity index (χ2v) is 16.5. The first-order valence-electron chi connectivity index (χ1n) is 16.6. The number of nitrogens with zero attached hydrogens (tertiary/aromatic N) is 1. The van der Waals surface area contributed by atoms with Gasteiger partial charge in [-0.05, 0) is 72.9 Å². The highest BCUT2D eigenvalue weighted by molar-refractivity contribution is 7.89. The molecule has 2 heterocycles. The van der Waals surface area contributed by atoms with Gasteiger partial charge >= 0.3 is 13.7 Å². The zero-order valence-corrected chi connectivity index (χ0v) is 30.4. The van der Waals surface area contributed by atoms with Crippen LogP contribution in [0.15, 0.2) is 83.8 Å². The molecule has 278 valence electrons. The van der Waals surface area contributed by atoms with Crippen LogP contribution in [0, 0.1) is 11.8 Å². The maximum Gasteiger partial charge on any atom is 0.413 e. The molecule has 2 fully saturated rings. The number of para-hydroxylation sites is 1. The molecule has 2 aliphatic rings. The first-order chi connectivity index (χ1) is 24.3. The van der Waals surface area contributed by atoms with Crippen LogP contribution in [0.4, 0.5) is 4.79 Å². The van der Waals surface area contributed by atoms with Gasteiger partial charge in [0.15, 0.2) is 12.6 Å². The standard InChI is InChI=1S/C35H45N2O12PS/c1-24(2)20-37(51(42,43)29-15-13-26(44-3)14-16-29)21-32(38)31(36-35(39)48-33-22-46-34-30(33)17-18-45-34)19-25-9-11-27(12-10-25)47-23-50(40,41)49-28-7-5-4-6-8-28/h4-16,24,30-34,38H,17-23H2,1-3H3,(H,36,39)(H,40,41)/t30-,31-,32+,33-,34+/m0/s1. The molecule has 0 saturated carbocycles. The third-order valence-electron chi connectivity index (χ3n) is 8.43. The molecular formula is C35H45N2O12PS. The molecule has 5 rings (SSSR count). The van der Waals surface area contributed by atoms with Gasteiger partial charge in [-0.15, -0.1) is 0 Å². The normalized spacial score (nSPS) is 21.0. The fourth-order valence-corrected chi connectivity index (χ4v) is 8.31. The number of methoxy groups -OCH3 is 1. The predicted molar refractivity (Wildman–Crippen MR) is 186 cm³/mol. The highest BCUT2D eigenvalue weighted by atomic mass is 32.2. The Morgan fingerprint density at radius 3 is 2.33 bits per heavy atom. The lowest BCUT2D eigenvalue weighted by Crippen LogP contribution is -2.51. The minimum Gasteiger partial charge on any atom is -0.497 e. The quantitative estimate of drug-likeness (QED) is 0.166. The van der Waals surface area contributed by atoms with Crippen molar-refractivity contribution in [3.8, 4) is 17.2 Å². The Morgan fingerprint density at radius 2 is 1.67 bits per heavy atom. The number of ether oxygens (including phenoxy) is 5. The zero-order chi connectivity index (χ0) is 36.6. The number of benzene rings is 3. The first kappa shape index (κ1) is 38.5. The van der Waals surface area contributed by atoms with Crippen molar-refractivity contribution in [1.82, 2.24) is 9.62 Å². The van der Waals surface area contributed by atoms with Crippen LogP contribution in [0.2, 0.25) is 0 Å². The van der Waals surface area contributed by atoms with Crippen LogP contribution < -0.4 is 19.3 Å². The minimum absolute atomic E-state index is 0.0341. The lowest BCUT2D eigenvalue weighted by atomic mass is 10.0. The Balaban J connectivity index is 1.30. The van der Waals surface area contributed by atoms with Crippen molar-refractivity contribution in [2.75, 3.05) is 39.8 Å². The lowest BCUT2D eigenvalue weighted by Gasteiger charge is -2.31. The highest BCUT2D eigenvalue weighted by Gasteiger charge is 2.44. The molecule has 6 atom stereocenters. The van der Waals surface area contributed by atoms with E-state index in [9.17, 15) is 27.8 Å². The fourth-order valence-electron chi connectivity index (χ4n) is 5.87. The maximum atomic E-state index is 13.8. The first-order valence-corrected chi connectivity index (χ1v) is 19.8. The van der Waals surface area contributed by atoms with E-state index in [0.29, 0.717) is 24.3 Å². The molecule has 51 heavy (non-hydrogen) atoms. The summed E-state index contributed by atoms with van der Waals surface area (Å²) in [5.74, 6) is 0.842. The molecule has 2 aliphatic heterocycles. The van der Waals surface area contributed by atoms with Gasteiger partial charge in [0.25, 0.3) is 0 Å². The highest BCUT2D eigenvalue weighted by Crippen LogP contribution is 2.42. The van der Waals surface area contributed by atoms with E-state index < -0.39 is 54.6 Å². The Hall–Kier alpha value is -3.69. The van der Waals surface area contributed by atoms with E-state index in [0.717, 1.165) is 0 Å². The number of hydrogen-bond acceptors (Lipinski definition) is 11. The molecule has 3 N–H and O–H groups in total. The summed E-state index contributed by atoms with van der Waals surface area (Å²) in [4.78, 5) is 23.5. The summed E-state index contributed by atoms with van der Waals surface area (Å²) < 4.78 is 74.0. The monoisotopic (exact) mass is 748 g/mol. The number of hydrogen-bond donors (Lipinski definition) is 3. The second-order valence-electron chi connectivity index (χ2n) is 12.8. The number of carbonyl (C=O) groups is 1. The van der Waals surface area contributed by atoms with Crippen LogP contribution in [0.5, 0.6) is 17.2 Å². The van der Waals surface area contributed by atoms with E-state index in [4.69, 9.17) is 28.2 Å². The number of aliphatic hydroxyl groups excluding tert-OH is 1. The largest absolute Gasteiger partial charge is 0.497 e. The smallest absolute Gasteiger partial charge is 0.413 e. The number of carbonyl (C=O) groups excluding carboxylic acids is 1. The van der Waals surface area contributed by atoms with Gasteiger partial charge in [-0.1, -0.05) is 44.2 Å². The van der Waals surface area contributed by atoms with Crippen LogP contribution in [-0.2, 0) is 35.2 Å². The summed E-state index contributed by atoms with van der Waals surface area (Å²) in [6.45, 7) is 4.20. The molecular weight excluding hydrogens is 703 g/mol. The SMILES string of the molecule is COc1ccc(S(=O)(=O)N(CC(C)C)C[C@@H](O)[C@H](Cc2ccc(OCP(=O)(O)Oc3ccccc3)cc2)NC(=O)O[C@H]2CO[C@H]3OCC[C@H]32)cc1. The van der Waals surface area contributed by atoms with E-state index in [1.165, 1.54) is 23.5 Å². The Morgan fingerprint density at radius 1 is 0.980 bits per heavy atom. The number of aliphatic hydroxyl groups is 1. The number of amides is 1. The Labute approximate surface area is 298 Å². The number of alkyl carbamates (subject to hydrolysis) is 1.